The van der Waals surface area contributed by atoms with Gasteiger partial charge in [0, 0.05) is 6.42 Å². The molecule has 1 rings (SSSR count). The number of H-pyrrole nitrogens is 1. The lowest BCUT2D eigenvalue weighted by atomic mass is 9.99. The SMILES string of the molecule is CCc1nc(C(=O)N[C@H](C(=O)O)C(C)CC)n[nH]1. The van der Waals surface area contributed by atoms with Crippen LogP contribution >= 0.6 is 0 Å². The topological polar surface area (TPSA) is 108 Å². The molecular weight excluding hydrogens is 236 g/mol. The fraction of sp³-hybridized carbons (Fsp3) is 0.636. The van der Waals surface area contributed by atoms with Crippen molar-refractivity contribution in [2.45, 2.75) is 39.7 Å². The molecule has 7 nitrogen and oxygen atoms in total. The summed E-state index contributed by atoms with van der Waals surface area (Å²) in [7, 11) is 0. The molecule has 1 aromatic rings. The lowest BCUT2D eigenvalue weighted by Crippen LogP contribution is -2.45. The molecular formula is C11H18N4O3. The van der Waals surface area contributed by atoms with Crippen LogP contribution in [0.3, 0.4) is 0 Å². The molecule has 0 radical (unpaired) electrons. The van der Waals surface area contributed by atoms with Crippen molar-refractivity contribution in [2.24, 2.45) is 5.92 Å². The first-order valence-corrected chi connectivity index (χ1v) is 5.94. The van der Waals surface area contributed by atoms with Crippen LogP contribution in [0.5, 0.6) is 0 Å². The second kappa shape index (κ2) is 6.13. The van der Waals surface area contributed by atoms with Crippen molar-refractivity contribution in [1.29, 1.82) is 0 Å². The van der Waals surface area contributed by atoms with Gasteiger partial charge in [-0.25, -0.2) is 9.78 Å². The molecule has 7 heteroatoms. The lowest BCUT2D eigenvalue weighted by molar-refractivity contribution is -0.140. The van der Waals surface area contributed by atoms with Crippen LogP contribution in [-0.4, -0.2) is 38.2 Å². The van der Waals surface area contributed by atoms with Gasteiger partial charge in [0.05, 0.1) is 0 Å². The van der Waals surface area contributed by atoms with Crippen molar-refractivity contribution in [1.82, 2.24) is 20.5 Å². The van der Waals surface area contributed by atoms with Gasteiger partial charge in [-0.05, 0) is 5.92 Å². The van der Waals surface area contributed by atoms with Gasteiger partial charge in [0.1, 0.15) is 11.9 Å². The third-order valence-electron chi connectivity index (χ3n) is 2.84. The molecule has 0 fully saturated rings. The zero-order chi connectivity index (χ0) is 13.7. The van der Waals surface area contributed by atoms with Crippen LogP contribution in [0.4, 0.5) is 0 Å². The van der Waals surface area contributed by atoms with Crippen LogP contribution in [0.2, 0.25) is 0 Å². The third kappa shape index (κ3) is 3.28. The summed E-state index contributed by atoms with van der Waals surface area (Å²) in [5.41, 5.74) is 0. The number of aliphatic carboxylic acids is 1. The molecule has 18 heavy (non-hydrogen) atoms. The Labute approximate surface area is 105 Å². The molecule has 0 spiro atoms. The molecule has 0 aliphatic carbocycles. The number of carbonyl (C=O) groups excluding carboxylic acids is 1. The van der Waals surface area contributed by atoms with E-state index in [1.807, 2.05) is 13.8 Å². The summed E-state index contributed by atoms with van der Waals surface area (Å²) in [5, 5.41) is 17.9. The number of aromatic nitrogens is 3. The van der Waals surface area contributed by atoms with E-state index in [0.29, 0.717) is 18.7 Å². The van der Waals surface area contributed by atoms with Crippen LogP contribution in [0.25, 0.3) is 0 Å². The van der Waals surface area contributed by atoms with Crippen molar-refractivity contribution in [2.75, 3.05) is 0 Å². The fourth-order valence-electron chi connectivity index (χ4n) is 1.44. The quantitative estimate of drug-likeness (QED) is 0.688. The molecule has 1 amide bonds. The highest BCUT2D eigenvalue weighted by Crippen LogP contribution is 2.08. The Balaban J connectivity index is 2.75. The van der Waals surface area contributed by atoms with Crippen molar-refractivity contribution in [3.05, 3.63) is 11.6 Å². The van der Waals surface area contributed by atoms with Crippen molar-refractivity contribution in [3.63, 3.8) is 0 Å². The number of carboxylic acids is 1. The molecule has 0 bridgehead atoms. The maximum Gasteiger partial charge on any atom is 0.326 e. The molecule has 100 valence electrons. The van der Waals surface area contributed by atoms with E-state index in [2.05, 4.69) is 20.5 Å². The highest BCUT2D eigenvalue weighted by atomic mass is 16.4. The molecule has 0 saturated heterocycles. The number of nitrogens with one attached hydrogen (secondary N) is 2. The number of aromatic amines is 1. The van der Waals surface area contributed by atoms with Crippen LogP contribution in [0.15, 0.2) is 0 Å². The van der Waals surface area contributed by atoms with Crippen LogP contribution in [0.1, 0.15) is 43.6 Å². The van der Waals surface area contributed by atoms with Crippen molar-refractivity contribution in [3.8, 4) is 0 Å². The molecule has 0 aliphatic heterocycles. The minimum Gasteiger partial charge on any atom is -0.480 e. The summed E-state index contributed by atoms with van der Waals surface area (Å²) >= 11 is 0. The Morgan fingerprint density at radius 1 is 1.44 bits per heavy atom. The summed E-state index contributed by atoms with van der Waals surface area (Å²) in [5.74, 6) is -1.21. The molecule has 1 aromatic heterocycles. The van der Waals surface area contributed by atoms with E-state index in [4.69, 9.17) is 5.11 Å². The fourth-order valence-corrected chi connectivity index (χ4v) is 1.44. The molecule has 3 N–H and O–H groups in total. The van der Waals surface area contributed by atoms with Gasteiger partial charge in [0.2, 0.25) is 5.82 Å². The van der Waals surface area contributed by atoms with E-state index in [0.717, 1.165) is 0 Å². The summed E-state index contributed by atoms with van der Waals surface area (Å²) in [6.07, 6.45) is 1.29. The Kier molecular flexibility index (Phi) is 4.82. The number of aryl methyl sites for hydroxylation is 1. The van der Waals surface area contributed by atoms with E-state index in [1.165, 1.54) is 0 Å². The predicted molar refractivity (Wildman–Crippen MR) is 64.1 cm³/mol. The number of hydrogen-bond acceptors (Lipinski definition) is 4. The minimum atomic E-state index is -1.05. The Morgan fingerprint density at radius 2 is 2.11 bits per heavy atom. The van der Waals surface area contributed by atoms with Gasteiger partial charge in [0.25, 0.3) is 5.91 Å². The van der Waals surface area contributed by atoms with E-state index < -0.39 is 17.9 Å². The zero-order valence-electron chi connectivity index (χ0n) is 10.7. The normalized spacial score (nSPS) is 13.9. The highest BCUT2D eigenvalue weighted by Gasteiger charge is 2.27. The monoisotopic (exact) mass is 254 g/mol. The highest BCUT2D eigenvalue weighted by molar-refractivity contribution is 5.93. The number of amides is 1. The van der Waals surface area contributed by atoms with Gasteiger partial charge in [-0.15, -0.1) is 5.10 Å². The first-order chi connectivity index (χ1) is 8.49. The lowest BCUT2D eigenvalue weighted by Gasteiger charge is -2.19. The molecule has 0 aromatic carbocycles. The number of hydrogen-bond donors (Lipinski definition) is 3. The van der Waals surface area contributed by atoms with E-state index in [1.54, 1.807) is 6.92 Å². The van der Waals surface area contributed by atoms with Crippen molar-refractivity contribution >= 4 is 11.9 Å². The van der Waals surface area contributed by atoms with E-state index in [-0.39, 0.29) is 11.7 Å². The van der Waals surface area contributed by atoms with E-state index >= 15 is 0 Å². The third-order valence-corrected chi connectivity index (χ3v) is 2.84. The minimum absolute atomic E-state index is 0.0265. The maximum atomic E-state index is 11.8. The Bertz CT molecular complexity index is 430. The van der Waals surface area contributed by atoms with Crippen LogP contribution in [0, 0.1) is 5.92 Å². The summed E-state index contributed by atoms with van der Waals surface area (Å²) in [6, 6.07) is -0.925. The Hall–Kier alpha value is -1.92. The summed E-state index contributed by atoms with van der Waals surface area (Å²) < 4.78 is 0. The van der Waals surface area contributed by atoms with E-state index in [9.17, 15) is 9.59 Å². The number of nitrogens with zero attached hydrogens (tertiary/aromatic N) is 2. The standard InChI is InChI=1S/C11H18N4O3/c1-4-6(3)8(11(17)18)13-10(16)9-12-7(5-2)14-15-9/h6,8H,4-5H2,1-3H3,(H,13,16)(H,17,18)(H,12,14,15)/t6?,8-/m0/s1. The van der Waals surface area contributed by atoms with Gasteiger partial charge in [-0.1, -0.05) is 27.2 Å². The Morgan fingerprint density at radius 3 is 2.56 bits per heavy atom. The number of rotatable bonds is 6. The van der Waals surface area contributed by atoms with Crippen molar-refractivity contribution < 1.29 is 14.7 Å². The molecule has 0 saturated carbocycles. The van der Waals surface area contributed by atoms with Gasteiger partial charge in [-0.3, -0.25) is 9.89 Å². The smallest absolute Gasteiger partial charge is 0.326 e. The largest absolute Gasteiger partial charge is 0.480 e. The molecule has 2 atom stereocenters. The maximum absolute atomic E-state index is 11.8. The van der Waals surface area contributed by atoms with Crippen LogP contribution < -0.4 is 5.32 Å². The molecule has 1 unspecified atom stereocenters. The van der Waals surface area contributed by atoms with Gasteiger partial charge >= 0.3 is 5.97 Å². The van der Waals surface area contributed by atoms with Gasteiger partial charge in [-0.2, -0.15) is 0 Å². The van der Waals surface area contributed by atoms with Gasteiger partial charge in [0.15, 0.2) is 0 Å². The zero-order valence-corrected chi connectivity index (χ0v) is 10.7. The predicted octanol–water partition coefficient (Wildman–Crippen LogP) is 0.596. The number of carbonyl (C=O) groups is 2. The molecule has 0 aliphatic rings. The molecule has 1 heterocycles. The second-order valence-corrected chi connectivity index (χ2v) is 4.13. The summed E-state index contributed by atoms with van der Waals surface area (Å²) in [4.78, 5) is 26.8. The average molecular weight is 254 g/mol. The summed E-state index contributed by atoms with van der Waals surface area (Å²) in [6.45, 7) is 5.52. The number of carboxylic acid groups (broad SMARTS) is 1. The first-order valence-electron chi connectivity index (χ1n) is 5.94. The first kappa shape index (κ1) is 14.1. The average Bonchev–Trinajstić information content (AvgIpc) is 2.83. The van der Waals surface area contributed by atoms with Crippen LogP contribution in [-0.2, 0) is 11.2 Å². The second-order valence-electron chi connectivity index (χ2n) is 4.13. The van der Waals surface area contributed by atoms with Gasteiger partial charge < -0.3 is 10.4 Å².